The molecule has 0 aliphatic heterocycles. The van der Waals surface area contributed by atoms with Gasteiger partial charge >= 0.3 is 0 Å². The Morgan fingerprint density at radius 1 is 1.10 bits per heavy atom. The molecule has 0 spiro atoms. The lowest BCUT2D eigenvalue weighted by Crippen LogP contribution is -2.03. The van der Waals surface area contributed by atoms with Gasteiger partial charge in [-0.15, -0.1) is 11.3 Å². The minimum Gasteiger partial charge on any atom is -0.395 e. The van der Waals surface area contributed by atoms with Crippen LogP contribution >= 0.6 is 11.3 Å². The van der Waals surface area contributed by atoms with Crippen molar-refractivity contribution in [3.05, 3.63) is 65.4 Å². The molecule has 106 valence electrons. The van der Waals surface area contributed by atoms with Crippen molar-refractivity contribution < 1.29 is 9.50 Å². The zero-order valence-electron chi connectivity index (χ0n) is 11.0. The maximum absolute atomic E-state index is 12.8. The van der Waals surface area contributed by atoms with Crippen molar-refractivity contribution in [2.75, 3.05) is 6.61 Å². The van der Waals surface area contributed by atoms with E-state index in [1.165, 1.54) is 23.6 Å². The van der Waals surface area contributed by atoms with Crippen LogP contribution in [0.4, 0.5) is 4.39 Å². The Balaban J connectivity index is 1.92. The van der Waals surface area contributed by atoms with Crippen LogP contribution in [0.15, 0.2) is 49.1 Å². The molecule has 4 nitrogen and oxygen atoms in total. The standard InChI is InChI=1S/C15H12FN3OS/c16-14-2-1-11(7-18-14)15-19-8-13(21-15)12(9-20)10-3-5-17-6-4-10/h1-8,12,20H,9H2. The molecule has 0 aromatic carbocycles. The fourth-order valence-corrected chi connectivity index (χ4v) is 3.06. The van der Waals surface area contributed by atoms with Gasteiger partial charge in [-0.05, 0) is 29.8 Å². The number of aliphatic hydroxyl groups is 1. The molecule has 21 heavy (non-hydrogen) atoms. The highest BCUT2D eigenvalue weighted by Crippen LogP contribution is 2.32. The van der Waals surface area contributed by atoms with Crippen LogP contribution in [0.2, 0.25) is 0 Å². The van der Waals surface area contributed by atoms with E-state index in [4.69, 9.17) is 0 Å². The minimum atomic E-state index is -0.513. The van der Waals surface area contributed by atoms with E-state index < -0.39 is 5.95 Å². The van der Waals surface area contributed by atoms with Gasteiger partial charge in [-0.2, -0.15) is 4.39 Å². The Morgan fingerprint density at radius 3 is 2.57 bits per heavy atom. The van der Waals surface area contributed by atoms with Crippen molar-refractivity contribution in [1.82, 2.24) is 15.0 Å². The monoisotopic (exact) mass is 301 g/mol. The number of aliphatic hydroxyl groups excluding tert-OH is 1. The highest BCUT2D eigenvalue weighted by Gasteiger charge is 2.17. The highest BCUT2D eigenvalue weighted by molar-refractivity contribution is 7.15. The van der Waals surface area contributed by atoms with Crippen LogP contribution in [0.25, 0.3) is 10.6 Å². The number of nitrogens with zero attached hydrogens (tertiary/aromatic N) is 3. The van der Waals surface area contributed by atoms with Gasteiger partial charge in [0.05, 0.1) is 6.61 Å². The van der Waals surface area contributed by atoms with E-state index in [1.54, 1.807) is 24.7 Å². The predicted molar refractivity (Wildman–Crippen MR) is 78.5 cm³/mol. The molecule has 0 saturated carbocycles. The Morgan fingerprint density at radius 2 is 1.90 bits per heavy atom. The summed E-state index contributed by atoms with van der Waals surface area (Å²) in [5.74, 6) is -0.645. The number of pyridine rings is 2. The van der Waals surface area contributed by atoms with E-state index in [0.717, 1.165) is 21.0 Å². The highest BCUT2D eigenvalue weighted by atomic mass is 32.1. The third kappa shape index (κ3) is 2.96. The van der Waals surface area contributed by atoms with Crippen molar-refractivity contribution in [2.24, 2.45) is 0 Å². The maximum Gasteiger partial charge on any atom is 0.212 e. The SMILES string of the molecule is OCC(c1ccncc1)c1cnc(-c2ccc(F)nc2)s1. The lowest BCUT2D eigenvalue weighted by molar-refractivity contribution is 0.282. The summed E-state index contributed by atoms with van der Waals surface area (Å²) in [5, 5.41) is 10.4. The Bertz CT molecular complexity index is 715. The zero-order chi connectivity index (χ0) is 14.7. The summed E-state index contributed by atoms with van der Waals surface area (Å²) in [6.07, 6.45) is 6.59. The second-order valence-corrected chi connectivity index (χ2v) is 5.52. The molecule has 1 atom stereocenters. The zero-order valence-corrected chi connectivity index (χ0v) is 11.8. The molecular formula is C15H12FN3OS. The number of hydrogen-bond acceptors (Lipinski definition) is 5. The van der Waals surface area contributed by atoms with Gasteiger partial charge in [0.1, 0.15) is 5.01 Å². The molecule has 3 heterocycles. The van der Waals surface area contributed by atoms with Crippen LogP contribution in [0.1, 0.15) is 16.4 Å². The summed E-state index contributed by atoms with van der Waals surface area (Å²) in [5.41, 5.74) is 1.75. The quantitative estimate of drug-likeness (QED) is 0.753. The lowest BCUT2D eigenvalue weighted by atomic mass is 10.0. The molecule has 0 bridgehead atoms. The molecule has 6 heteroatoms. The van der Waals surface area contributed by atoms with Crippen LogP contribution < -0.4 is 0 Å². The molecule has 3 aromatic rings. The van der Waals surface area contributed by atoms with Crippen LogP contribution in [0.5, 0.6) is 0 Å². The molecule has 1 N–H and O–H groups in total. The summed E-state index contributed by atoms with van der Waals surface area (Å²) in [7, 11) is 0. The first-order valence-electron chi connectivity index (χ1n) is 6.36. The van der Waals surface area contributed by atoms with Gasteiger partial charge in [0, 0.05) is 41.1 Å². The van der Waals surface area contributed by atoms with E-state index in [9.17, 15) is 9.50 Å². The predicted octanol–water partition coefficient (Wildman–Crippen LogP) is 2.86. The van der Waals surface area contributed by atoms with Crippen molar-refractivity contribution in [3.8, 4) is 10.6 Å². The number of thiazole rings is 1. The summed E-state index contributed by atoms with van der Waals surface area (Å²) in [6.45, 7) is -0.00663. The minimum absolute atomic E-state index is 0.00663. The van der Waals surface area contributed by atoms with E-state index in [0.29, 0.717) is 0 Å². The smallest absolute Gasteiger partial charge is 0.212 e. The van der Waals surface area contributed by atoms with Crippen molar-refractivity contribution in [2.45, 2.75) is 5.92 Å². The van der Waals surface area contributed by atoms with E-state index in [-0.39, 0.29) is 12.5 Å². The average molecular weight is 301 g/mol. The first kappa shape index (κ1) is 13.8. The number of hydrogen-bond donors (Lipinski definition) is 1. The van der Waals surface area contributed by atoms with E-state index in [2.05, 4.69) is 15.0 Å². The maximum atomic E-state index is 12.8. The largest absolute Gasteiger partial charge is 0.395 e. The van der Waals surface area contributed by atoms with Crippen molar-refractivity contribution >= 4 is 11.3 Å². The topological polar surface area (TPSA) is 58.9 Å². The van der Waals surface area contributed by atoms with E-state index in [1.807, 2.05) is 12.1 Å². The van der Waals surface area contributed by atoms with Crippen molar-refractivity contribution in [1.29, 1.82) is 0 Å². The summed E-state index contributed by atoms with van der Waals surface area (Å²) in [6, 6.07) is 6.70. The third-order valence-electron chi connectivity index (χ3n) is 3.13. The van der Waals surface area contributed by atoms with Gasteiger partial charge < -0.3 is 5.11 Å². The number of halogens is 1. The van der Waals surface area contributed by atoms with Crippen molar-refractivity contribution in [3.63, 3.8) is 0 Å². The van der Waals surface area contributed by atoms with Gasteiger partial charge in [-0.3, -0.25) is 4.98 Å². The summed E-state index contributed by atoms with van der Waals surface area (Å²) in [4.78, 5) is 12.9. The molecular weight excluding hydrogens is 289 g/mol. The van der Waals surface area contributed by atoms with Crippen LogP contribution in [0, 0.1) is 5.95 Å². The Hall–Kier alpha value is -2.18. The first-order valence-corrected chi connectivity index (χ1v) is 7.18. The molecule has 3 rings (SSSR count). The molecule has 0 fully saturated rings. The lowest BCUT2D eigenvalue weighted by Gasteiger charge is -2.11. The molecule has 3 aromatic heterocycles. The first-order chi connectivity index (χ1) is 10.3. The molecule has 0 saturated heterocycles. The molecule has 0 radical (unpaired) electrons. The normalized spacial score (nSPS) is 12.3. The second-order valence-electron chi connectivity index (χ2n) is 4.45. The van der Waals surface area contributed by atoms with E-state index >= 15 is 0 Å². The molecule has 0 amide bonds. The fraction of sp³-hybridized carbons (Fsp3) is 0.133. The Labute approximate surface area is 125 Å². The Kier molecular flexibility index (Phi) is 3.98. The molecule has 1 unspecified atom stereocenters. The number of aromatic nitrogens is 3. The second kappa shape index (κ2) is 6.07. The molecule has 0 aliphatic carbocycles. The van der Waals surface area contributed by atoms with Crippen LogP contribution in [0.3, 0.4) is 0 Å². The van der Waals surface area contributed by atoms with Gasteiger partial charge in [0.25, 0.3) is 0 Å². The average Bonchev–Trinajstić information content (AvgIpc) is 2.99. The van der Waals surface area contributed by atoms with Gasteiger partial charge in [-0.25, -0.2) is 9.97 Å². The number of rotatable bonds is 4. The van der Waals surface area contributed by atoms with Gasteiger partial charge in [-0.1, -0.05) is 0 Å². The third-order valence-corrected chi connectivity index (χ3v) is 4.29. The fourth-order valence-electron chi connectivity index (χ4n) is 2.04. The van der Waals surface area contributed by atoms with Crippen LogP contribution in [-0.2, 0) is 0 Å². The van der Waals surface area contributed by atoms with Crippen LogP contribution in [-0.4, -0.2) is 26.7 Å². The van der Waals surface area contributed by atoms with Gasteiger partial charge in [0.2, 0.25) is 5.95 Å². The summed E-state index contributed by atoms with van der Waals surface area (Å²) < 4.78 is 12.8. The summed E-state index contributed by atoms with van der Waals surface area (Å²) >= 11 is 1.47. The molecule has 0 aliphatic rings. The van der Waals surface area contributed by atoms with Gasteiger partial charge in [0.15, 0.2) is 0 Å².